The highest BCUT2D eigenvalue weighted by Crippen LogP contribution is 1.71. The quantitative estimate of drug-likeness (QED) is 0.761. The molecular weight excluding hydrogens is 204 g/mol. The molecule has 0 radical (unpaired) electrons. The van der Waals surface area contributed by atoms with Crippen molar-refractivity contribution >= 4 is 5.78 Å². The summed E-state index contributed by atoms with van der Waals surface area (Å²) < 4.78 is 4.44. The van der Waals surface area contributed by atoms with Gasteiger partial charge in [0, 0.05) is 13.5 Å². The van der Waals surface area contributed by atoms with Crippen molar-refractivity contribution in [1.82, 2.24) is 0 Å². The maximum atomic E-state index is 9.81. The van der Waals surface area contributed by atoms with E-state index in [0.29, 0.717) is 13.0 Å². The predicted molar refractivity (Wildman–Crippen MR) is 71.7 cm³/mol. The maximum Gasteiger partial charge on any atom is 0.129 e. The van der Waals surface area contributed by atoms with E-state index in [9.17, 15) is 4.79 Å². The van der Waals surface area contributed by atoms with Crippen LogP contribution in [0.3, 0.4) is 0 Å². The number of carbonyl (C=O) groups is 1. The molecule has 16 heavy (non-hydrogen) atoms. The first kappa shape index (κ1) is 24.3. The highest BCUT2D eigenvalue weighted by molar-refractivity contribution is 5.74. The molecule has 3 heteroatoms. The van der Waals surface area contributed by atoms with Gasteiger partial charge in [-0.15, -0.1) is 13.2 Å². The standard InChI is InChI=1S/C4H8O.C3H8O2.2C3H6/c1-3-4(2)5;1-5-3-2-4;2*1-3-2/h3H2,1-2H3;4H,2-3H2,1H3;2*3H,1H2,2H3. The number of aliphatic hydroxyl groups is 1. The van der Waals surface area contributed by atoms with Crippen LogP contribution in [0, 0.1) is 0 Å². The summed E-state index contributed by atoms with van der Waals surface area (Å²) >= 11 is 0. The van der Waals surface area contributed by atoms with Gasteiger partial charge in [0.15, 0.2) is 0 Å². The van der Waals surface area contributed by atoms with E-state index >= 15 is 0 Å². The second kappa shape index (κ2) is 36.9. The van der Waals surface area contributed by atoms with Gasteiger partial charge in [-0.2, -0.15) is 0 Å². The second-order valence-electron chi connectivity index (χ2n) is 2.59. The van der Waals surface area contributed by atoms with E-state index < -0.39 is 0 Å². The molecule has 0 saturated carbocycles. The van der Waals surface area contributed by atoms with Crippen LogP contribution in [0.5, 0.6) is 0 Å². The number of rotatable bonds is 3. The highest BCUT2D eigenvalue weighted by Gasteiger charge is 1.76. The van der Waals surface area contributed by atoms with Crippen LogP contribution in [0.25, 0.3) is 0 Å². The third-order valence-electron chi connectivity index (χ3n) is 0.793. The van der Waals surface area contributed by atoms with Crippen LogP contribution in [0.1, 0.15) is 34.1 Å². The molecular formula is C13H28O3. The molecule has 0 rings (SSSR count). The Morgan fingerprint density at radius 3 is 1.56 bits per heavy atom. The van der Waals surface area contributed by atoms with Crippen LogP contribution in [0.15, 0.2) is 25.3 Å². The Kier molecular flexibility index (Phi) is 56.2. The topological polar surface area (TPSA) is 46.5 Å². The molecule has 0 spiro atoms. The molecule has 3 nitrogen and oxygen atoms in total. The lowest BCUT2D eigenvalue weighted by Crippen LogP contribution is -1.91. The molecule has 1 N–H and O–H groups in total. The summed E-state index contributed by atoms with van der Waals surface area (Å²) in [7, 11) is 1.55. The van der Waals surface area contributed by atoms with E-state index in [-0.39, 0.29) is 12.4 Å². The summed E-state index contributed by atoms with van der Waals surface area (Å²) in [6.07, 6.45) is 4.17. The molecule has 0 unspecified atom stereocenters. The third kappa shape index (κ3) is 202. The van der Waals surface area contributed by atoms with Crippen LogP contribution in [-0.2, 0) is 9.53 Å². The number of Topliss-reactive ketones (excluding diaryl/α,β-unsaturated/α-hetero) is 1. The zero-order valence-corrected chi connectivity index (χ0v) is 11.5. The molecule has 0 fully saturated rings. The predicted octanol–water partition coefficient (Wildman–Crippen LogP) is 3.00. The van der Waals surface area contributed by atoms with E-state index in [1.54, 1.807) is 26.2 Å². The van der Waals surface area contributed by atoms with Gasteiger partial charge in [-0.3, -0.25) is 0 Å². The summed E-state index contributed by atoms with van der Waals surface area (Å²) in [5.74, 6) is 0.255. The lowest BCUT2D eigenvalue weighted by Gasteiger charge is -1.84. The normalized spacial score (nSPS) is 6.62. The lowest BCUT2D eigenvalue weighted by molar-refractivity contribution is -0.116. The fourth-order valence-corrected chi connectivity index (χ4v) is 0.0913. The van der Waals surface area contributed by atoms with E-state index in [2.05, 4.69) is 17.9 Å². The van der Waals surface area contributed by atoms with Crippen molar-refractivity contribution in [2.24, 2.45) is 0 Å². The van der Waals surface area contributed by atoms with Gasteiger partial charge in [-0.1, -0.05) is 19.1 Å². The SMILES string of the molecule is C=CC.C=CC.CCC(C)=O.COCCO. The first-order valence-corrected chi connectivity index (χ1v) is 5.25. The number of hydrogen-bond acceptors (Lipinski definition) is 3. The van der Waals surface area contributed by atoms with Gasteiger partial charge in [-0.05, 0) is 20.8 Å². The molecule has 0 atom stereocenters. The van der Waals surface area contributed by atoms with Crippen LogP contribution >= 0.6 is 0 Å². The fourth-order valence-electron chi connectivity index (χ4n) is 0.0913. The molecule has 0 amide bonds. The van der Waals surface area contributed by atoms with Crippen molar-refractivity contribution in [3.63, 3.8) is 0 Å². The van der Waals surface area contributed by atoms with Gasteiger partial charge in [0.1, 0.15) is 5.78 Å². The molecule has 98 valence electrons. The number of ketones is 1. The van der Waals surface area contributed by atoms with Gasteiger partial charge in [0.2, 0.25) is 0 Å². The van der Waals surface area contributed by atoms with Gasteiger partial charge >= 0.3 is 0 Å². The highest BCUT2D eigenvalue weighted by atomic mass is 16.5. The molecule has 0 heterocycles. The fraction of sp³-hybridized carbons (Fsp3) is 0.615. The molecule has 0 aromatic rings. The number of methoxy groups -OCH3 is 1. The van der Waals surface area contributed by atoms with E-state index in [0.717, 1.165) is 0 Å². The molecule has 0 aliphatic heterocycles. The van der Waals surface area contributed by atoms with Crippen molar-refractivity contribution in [3.8, 4) is 0 Å². The van der Waals surface area contributed by atoms with E-state index in [4.69, 9.17) is 5.11 Å². The van der Waals surface area contributed by atoms with E-state index in [1.807, 2.05) is 20.8 Å². The first-order chi connectivity index (χ1) is 7.51. The Morgan fingerprint density at radius 1 is 1.31 bits per heavy atom. The number of hydrogen-bond donors (Lipinski definition) is 1. The Bertz CT molecular complexity index is 123. The summed E-state index contributed by atoms with van der Waals surface area (Å²) in [6, 6.07) is 0. The Balaban J connectivity index is -0.0000000621. The first-order valence-electron chi connectivity index (χ1n) is 5.25. The largest absolute Gasteiger partial charge is 0.394 e. The van der Waals surface area contributed by atoms with E-state index in [1.165, 1.54) is 0 Å². The zero-order chi connectivity index (χ0) is 13.8. The second-order valence-corrected chi connectivity index (χ2v) is 2.59. The molecule has 0 bridgehead atoms. The van der Waals surface area contributed by atoms with Crippen molar-refractivity contribution in [2.75, 3.05) is 20.3 Å². The van der Waals surface area contributed by atoms with Crippen LogP contribution in [-0.4, -0.2) is 31.2 Å². The number of allylic oxidation sites excluding steroid dienone is 2. The summed E-state index contributed by atoms with van der Waals surface area (Å²) in [6.45, 7) is 14.5. The van der Waals surface area contributed by atoms with Crippen molar-refractivity contribution in [1.29, 1.82) is 0 Å². The Labute approximate surface area is 101 Å². The van der Waals surface area contributed by atoms with Crippen LogP contribution < -0.4 is 0 Å². The average molecular weight is 232 g/mol. The number of aliphatic hydroxyl groups excluding tert-OH is 1. The molecule has 0 aliphatic carbocycles. The monoisotopic (exact) mass is 232 g/mol. The van der Waals surface area contributed by atoms with Crippen molar-refractivity contribution in [2.45, 2.75) is 34.1 Å². The summed E-state index contributed by atoms with van der Waals surface area (Å²) in [5.41, 5.74) is 0. The molecule has 0 aromatic carbocycles. The summed E-state index contributed by atoms with van der Waals surface area (Å²) in [4.78, 5) is 9.81. The van der Waals surface area contributed by atoms with Crippen molar-refractivity contribution < 1.29 is 14.6 Å². The van der Waals surface area contributed by atoms with Crippen molar-refractivity contribution in [3.05, 3.63) is 25.3 Å². The smallest absolute Gasteiger partial charge is 0.129 e. The minimum atomic E-state index is 0.122. The molecule has 0 aromatic heterocycles. The third-order valence-corrected chi connectivity index (χ3v) is 0.793. The Morgan fingerprint density at radius 2 is 1.56 bits per heavy atom. The van der Waals surface area contributed by atoms with Crippen LogP contribution in [0.4, 0.5) is 0 Å². The maximum absolute atomic E-state index is 9.81. The molecule has 0 aliphatic rings. The van der Waals surface area contributed by atoms with Gasteiger partial charge in [0.05, 0.1) is 13.2 Å². The van der Waals surface area contributed by atoms with Gasteiger partial charge in [0.25, 0.3) is 0 Å². The lowest BCUT2D eigenvalue weighted by atomic mass is 10.4. The number of ether oxygens (including phenoxy) is 1. The minimum absolute atomic E-state index is 0.122. The van der Waals surface area contributed by atoms with Gasteiger partial charge in [-0.25, -0.2) is 0 Å². The molecule has 0 saturated heterocycles. The minimum Gasteiger partial charge on any atom is -0.394 e. The van der Waals surface area contributed by atoms with Crippen LogP contribution in [0.2, 0.25) is 0 Å². The van der Waals surface area contributed by atoms with Gasteiger partial charge < -0.3 is 14.6 Å². The zero-order valence-electron chi connectivity index (χ0n) is 11.5. The summed E-state index contributed by atoms with van der Waals surface area (Å²) in [5, 5.41) is 7.94. The Hall–Kier alpha value is -0.930. The average Bonchev–Trinajstić information content (AvgIpc) is 2.22. The number of carbonyl (C=O) groups excluding carboxylic acids is 1.